The number of rotatable bonds is 7. The zero-order valence-corrected chi connectivity index (χ0v) is 16.6. The number of fused-ring (bicyclic) bond motifs is 1. The van der Waals surface area contributed by atoms with Crippen molar-refractivity contribution in [3.8, 4) is 0 Å². The summed E-state index contributed by atoms with van der Waals surface area (Å²) < 4.78 is 28.9. The monoisotopic (exact) mass is 421 g/mol. The van der Waals surface area contributed by atoms with Crippen LogP contribution in [-0.2, 0) is 24.3 Å². The SMILES string of the molecule is O=C(Cc1nc2ccccc2n1CC(O)c1ccccc1F)NCc1ccc(F)cc1. The van der Waals surface area contributed by atoms with E-state index in [4.69, 9.17) is 0 Å². The number of hydrogen-bond donors (Lipinski definition) is 2. The molecule has 0 saturated heterocycles. The zero-order chi connectivity index (χ0) is 21.8. The number of aliphatic hydroxyl groups excluding tert-OH is 1. The predicted molar refractivity (Wildman–Crippen MR) is 113 cm³/mol. The van der Waals surface area contributed by atoms with Crippen molar-refractivity contribution < 1.29 is 18.7 Å². The average molecular weight is 421 g/mol. The van der Waals surface area contributed by atoms with Gasteiger partial charge in [0.25, 0.3) is 0 Å². The lowest BCUT2D eigenvalue weighted by Crippen LogP contribution is -2.26. The molecule has 7 heteroatoms. The molecule has 4 rings (SSSR count). The van der Waals surface area contributed by atoms with E-state index >= 15 is 0 Å². The van der Waals surface area contributed by atoms with Gasteiger partial charge in [-0.15, -0.1) is 0 Å². The lowest BCUT2D eigenvalue weighted by molar-refractivity contribution is -0.120. The Balaban J connectivity index is 1.54. The van der Waals surface area contributed by atoms with Crippen molar-refractivity contribution in [1.82, 2.24) is 14.9 Å². The molecule has 1 aromatic heterocycles. The number of benzene rings is 3. The van der Waals surface area contributed by atoms with Crippen LogP contribution in [0, 0.1) is 11.6 Å². The van der Waals surface area contributed by atoms with Crippen molar-refractivity contribution in [3.63, 3.8) is 0 Å². The third-order valence-corrected chi connectivity index (χ3v) is 5.07. The molecule has 2 N–H and O–H groups in total. The number of carbonyl (C=O) groups excluding carboxylic acids is 1. The van der Waals surface area contributed by atoms with Crippen molar-refractivity contribution in [1.29, 1.82) is 0 Å². The minimum absolute atomic E-state index is 0.0140. The zero-order valence-electron chi connectivity index (χ0n) is 16.6. The van der Waals surface area contributed by atoms with E-state index in [0.717, 1.165) is 11.1 Å². The van der Waals surface area contributed by atoms with Crippen LogP contribution in [0.1, 0.15) is 23.1 Å². The Labute approximate surface area is 178 Å². The summed E-state index contributed by atoms with van der Waals surface area (Å²) in [6, 6.07) is 19.3. The second-order valence-electron chi connectivity index (χ2n) is 7.24. The number of hydrogen-bond acceptors (Lipinski definition) is 3. The number of imidazole rings is 1. The van der Waals surface area contributed by atoms with Gasteiger partial charge in [0.05, 0.1) is 30.1 Å². The van der Waals surface area contributed by atoms with Gasteiger partial charge >= 0.3 is 0 Å². The molecule has 158 valence electrons. The van der Waals surface area contributed by atoms with Crippen molar-refractivity contribution in [3.05, 3.63) is 101 Å². The summed E-state index contributed by atoms with van der Waals surface area (Å²) in [6.07, 6.45) is -1.11. The molecule has 1 unspecified atom stereocenters. The fourth-order valence-corrected chi connectivity index (χ4v) is 3.49. The molecule has 0 saturated carbocycles. The third-order valence-electron chi connectivity index (χ3n) is 5.07. The van der Waals surface area contributed by atoms with Gasteiger partial charge in [-0.1, -0.05) is 42.5 Å². The molecule has 1 atom stereocenters. The lowest BCUT2D eigenvalue weighted by Gasteiger charge is -2.16. The van der Waals surface area contributed by atoms with Crippen LogP contribution >= 0.6 is 0 Å². The molecule has 31 heavy (non-hydrogen) atoms. The number of amides is 1. The topological polar surface area (TPSA) is 67.2 Å². The minimum atomic E-state index is -1.10. The Morgan fingerprint density at radius 1 is 1.00 bits per heavy atom. The maximum Gasteiger partial charge on any atom is 0.227 e. The predicted octanol–water partition coefficient (Wildman–Crippen LogP) is 3.91. The van der Waals surface area contributed by atoms with Gasteiger partial charge in [-0.2, -0.15) is 0 Å². The Kier molecular flexibility index (Phi) is 6.04. The molecule has 1 heterocycles. The molecular weight excluding hydrogens is 400 g/mol. The summed E-state index contributed by atoms with van der Waals surface area (Å²) in [5, 5.41) is 13.4. The number of carbonyl (C=O) groups is 1. The van der Waals surface area contributed by atoms with Gasteiger partial charge in [0.2, 0.25) is 5.91 Å². The van der Waals surface area contributed by atoms with Gasteiger partial charge in [-0.3, -0.25) is 4.79 Å². The number of halogens is 2. The van der Waals surface area contributed by atoms with E-state index in [9.17, 15) is 18.7 Å². The van der Waals surface area contributed by atoms with E-state index in [-0.39, 0.29) is 36.8 Å². The number of aromatic nitrogens is 2. The first-order valence-electron chi connectivity index (χ1n) is 9.89. The Hall–Kier alpha value is -3.58. The molecule has 5 nitrogen and oxygen atoms in total. The van der Waals surface area contributed by atoms with Crippen molar-refractivity contribution in [2.24, 2.45) is 0 Å². The minimum Gasteiger partial charge on any atom is -0.386 e. The molecule has 3 aromatic carbocycles. The molecule has 0 radical (unpaired) electrons. The number of nitrogens with one attached hydrogen (secondary N) is 1. The molecule has 1 amide bonds. The summed E-state index contributed by atoms with van der Waals surface area (Å²) >= 11 is 0. The first-order chi connectivity index (χ1) is 15.0. The molecule has 0 aliphatic rings. The fourth-order valence-electron chi connectivity index (χ4n) is 3.49. The number of nitrogens with zero attached hydrogens (tertiary/aromatic N) is 2. The first-order valence-corrected chi connectivity index (χ1v) is 9.89. The third kappa shape index (κ3) is 4.78. The van der Waals surface area contributed by atoms with Crippen LogP contribution < -0.4 is 5.32 Å². The first kappa shape index (κ1) is 20.7. The Morgan fingerprint density at radius 2 is 1.71 bits per heavy atom. The van der Waals surface area contributed by atoms with Gasteiger partial charge in [0.1, 0.15) is 17.5 Å². The molecule has 0 spiro atoms. The van der Waals surface area contributed by atoms with Crippen LogP contribution in [0.2, 0.25) is 0 Å². The maximum absolute atomic E-state index is 14.1. The second kappa shape index (κ2) is 9.06. The van der Waals surface area contributed by atoms with Gasteiger partial charge < -0.3 is 15.0 Å². The highest BCUT2D eigenvalue weighted by Crippen LogP contribution is 2.23. The average Bonchev–Trinajstić information content (AvgIpc) is 3.10. The Bertz CT molecular complexity index is 1210. The van der Waals surface area contributed by atoms with Crippen LogP contribution in [-0.4, -0.2) is 20.6 Å². The molecule has 0 fully saturated rings. The van der Waals surface area contributed by atoms with Gasteiger partial charge in [-0.05, 0) is 35.9 Å². The van der Waals surface area contributed by atoms with Gasteiger partial charge in [-0.25, -0.2) is 13.8 Å². The Morgan fingerprint density at radius 3 is 2.48 bits per heavy atom. The second-order valence-corrected chi connectivity index (χ2v) is 7.24. The molecular formula is C24H21F2N3O2. The van der Waals surface area contributed by atoms with Crippen LogP contribution in [0.25, 0.3) is 11.0 Å². The van der Waals surface area contributed by atoms with E-state index in [2.05, 4.69) is 10.3 Å². The van der Waals surface area contributed by atoms with E-state index < -0.39 is 11.9 Å². The maximum atomic E-state index is 14.1. The van der Waals surface area contributed by atoms with Crippen molar-refractivity contribution in [2.45, 2.75) is 25.6 Å². The summed E-state index contributed by atoms with van der Waals surface area (Å²) in [5.74, 6) is -0.621. The fraction of sp³-hybridized carbons (Fsp3) is 0.167. The summed E-state index contributed by atoms with van der Waals surface area (Å²) in [7, 11) is 0. The van der Waals surface area contributed by atoms with Crippen LogP contribution in [0.5, 0.6) is 0 Å². The summed E-state index contributed by atoms with van der Waals surface area (Å²) in [4.78, 5) is 17.1. The normalized spacial score (nSPS) is 12.1. The van der Waals surface area contributed by atoms with Gasteiger partial charge in [0.15, 0.2) is 0 Å². The van der Waals surface area contributed by atoms with Gasteiger partial charge in [0, 0.05) is 12.1 Å². The smallest absolute Gasteiger partial charge is 0.227 e. The van der Waals surface area contributed by atoms with Crippen LogP contribution in [0.3, 0.4) is 0 Å². The highest BCUT2D eigenvalue weighted by atomic mass is 19.1. The van der Waals surface area contributed by atoms with Crippen LogP contribution in [0.15, 0.2) is 72.8 Å². The largest absolute Gasteiger partial charge is 0.386 e. The van der Waals surface area contributed by atoms with Crippen molar-refractivity contribution >= 4 is 16.9 Å². The summed E-state index contributed by atoms with van der Waals surface area (Å²) in [6.45, 7) is 0.319. The standard InChI is InChI=1S/C24H21F2N3O2/c25-17-11-9-16(10-12-17)14-27-24(31)13-23-28-20-7-3-4-8-21(20)29(23)15-22(30)18-5-1-2-6-19(18)26/h1-12,22,30H,13-15H2,(H,27,31). The van der Waals surface area contributed by atoms with E-state index in [1.807, 2.05) is 24.3 Å². The van der Waals surface area contributed by atoms with E-state index in [1.54, 1.807) is 28.8 Å². The summed E-state index contributed by atoms with van der Waals surface area (Å²) in [5.41, 5.74) is 2.40. The molecule has 0 aliphatic carbocycles. The van der Waals surface area contributed by atoms with Crippen molar-refractivity contribution in [2.75, 3.05) is 0 Å². The highest BCUT2D eigenvalue weighted by Gasteiger charge is 2.19. The number of aliphatic hydroxyl groups is 1. The number of para-hydroxylation sites is 2. The van der Waals surface area contributed by atoms with Crippen LogP contribution in [0.4, 0.5) is 8.78 Å². The quantitative estimate of drug-likeness (QED) is 0.476. The molecule has 0 aliphatic heterocycles. The highest BCUT2D eigenvalue weighted by molar-refractivity contribution is 5.81. The van der Waals surface area contributed by atoms with E-state index in [0.29, 0.717) is 11.3 Å². The molecule has 4 aromatic rings. The lowest BCUT2D eigenvalue weighted by atomic mass is 10.1. The van der Waals surface area contributed by atoms with E-state index in [1.165, 1.54) is 24.3 Å². The molecule has 0 bridgehead atoms.